The van der Waals surface area contributed by atoms with Gasteiger partial charge in [0.15, 0.2) is 0 Å². The quantitative estimate of drug-likeness (QED) is 0.193. The van der Waals surface area contributed by atoms with Gasteiger partial charge >= 0.3 is 6.18 Å². The molecule has 0 saturated heterocycles. The van der Waals surface area contributed by atoms with E-state index in [4.69, 9.17) is 4.74 Å². The van der Waals surface area contributed by atoms with Crippen molar-refractivity contribution < 1.29 is 22.3 Å². The molecule has 176 valence electrons. The molecule has 3 aromatic carbocycles. The van der Waals surface area contributed by atoms with E-state index in [1.54, 1.807) is 18.3 Å². The fraction of sp³-hybridized carbons (Fsp3) is 0.250. The van der Waals surface area contributed by atoms with Crippen molar-refractivity contribution in [2.24, 2.45) is 0 Å². The van der Waals surface area contributed by atoms with Gasteiger partial charge in [0.2, 0.25) is 0 Å². The number of unbranched alkanes of at least 4 members (excludes halogenated alkanes) is 1. The Morgan fingerprint density at radius 1 is 0.882 bits per heavy atom. The Balaban J connectivity index is 1.47. The van der Waals surface area contributed by atoms with E-state index in [-0.39, 0.29) is 5.82 Å². The number of aromatic nitrogens is 1. The van der Waals surface area contributed by atoms with Gasteiger partial charge in [-0.05, 0) is 66.1 Å². The standard InChI is InChI=1S/C28H25F4NO/c1-2-3-16-34-24-13-15-26(33-18-24)22-10-14-25-21(17-22)9-8-20(27(25)29)7-4-19-5-11-23(12-6-19)28(30,31)32/h5-6,8-15,17-18H,2-4,7,16H2,1H3. The van der Waals surface area contributed by atoms with Crippen LogP contribution in [0.25, 0.3) is 22.0 Å². The van der Waals surface area contributed by atoms with E-state index in [0.717, 1.165) is 52.9 Å². The predicted octanol–water partition coefficient (Wildman–Crippen LogP) is 8.02. The molecule has 0 N–H and O–H groups in total. The first kappa shape index (κ1) is 23.7. The maximum absolute atomic E-state index is 15.1. The Labute approximate surface area is 196 Å². The van der Waals surface area contributed by atoms with E-state index in [2.05, 4.69) is 11.9 Å². The molecule has 0 aliphatic carbocycles. The van der Waals surface area contributed by atoms with Crippen molar-refractivity contribution in [3.8, 4) is 17.0 Å². The first-order chi connectivity index (χ1) is 16.3. The highest BCUT2D eigenvalue weighted by molar-refractivity contribution is 5.88. The van der Waals surface area contributed by atoms with Crippen LogP contribution >= 0.6 is 0 Å². The number of ether oxygens (including phenoxy) is 1. The first-order valence-corrected chi connectivity index (χ1v) is 11.3. The number of fused-ring (bicyclic) bond motifs is 1. The van der Waals surface area contributed by atoms with Crippen molar-refractivity contribution in [1.29, 1.82) is 0 Å². The van der Waals surface area contributed by atoms with Crippen LogP contribution in [-0.2, 0) is 19.0 Å². The van der Waals surface area contributed by atoms with Gasteiger partial charge in [0.05, 0.1) is 24.1 Å². The average Bonchev–Trinajstić information content (AvgIpc) is 2.84. The number of hydrogen-bond donors (Lipinski definition) is 0. The second-order valence-electron chi connectivity index (χ2n) is 8.25. The van der Waals surface area contributed by atoms with Gasteiger partial charge < -0.3 is 4.74 Å². The maximum Gasteiger partial charge on any atom is 0.416 e. The maximum atomic E-state index is 15.1. The average molecular weight is 468 g/mol. The molecule has 34 heavy (non-hydrogen) atoms. The Morgan fingerprint density at radius 3 is 2.35 bits per heavy atom. The third kappa shape index (κ3) is 5.56. The molecule has 4 rings (SSSR count). The monoisotopic (exact) mass is 467 g/mol. The summed E-state index contributed by atoms with van der Waals surface area (Å²) in [6.45, 7) is 2.77. The van der Waals surface area contributed by atoms with E-state index in [9.17, 15) is 13.2 Å². The van der Waals surface area contributed by atoms with Gasteiger partial charge in [-0.3, -0.25) is 4.98 Å². The van der Waals surface area contributed by atoms with Crippen LogP contribution < -0.4 is 4.74 Å². The topological polar surface area (TPSA) is 22.1 Å². The molecule has 0 aliphatic rings. The zero-order chi connectivity index (χ0) is 24.1. The van der Waals surface area contributed by atoms with Crippen LogP contribution in [-0.4, -0.2) is 11.6 Å². The highest BCUT2D eigenvalue weighted by Gasteiger charge is 2.29. The molecule has 0 atom stereocenters. The molecule has 0 amide bonds. The summed E-state index contributed by atoms with van der Waals surface area (Å²) in [5.41, 5.74) is 2.24. The summed E-state index contributed by atoms with van der Waals surface area (Å²) >= 11 is 0. The minimum absolute atomic E-state index is 0.302. The summed E-state index contributed by atoms with van der Waals surface area (Å²) in [5, 5.41) is 1.27. The Morgan fingerprint density at radius 2 is 1.68 bits per heavy atom. The second-order valence-corrected chi connectivity index (χ2v) is 8.25. The number of benzene rings is 3. The zero-order valence-corrected chi connectivity index (χ0v) is 18.8. The summed E-state index contributed by atoms with van der Waals surface area (Å²) in [7, 11) is 0. The van der Waals surface area contributed by atoms with Gasteiger partial charge in [-0.2, -0.15) is 13.2 Å². The third-order valence-corrected chi connectivity index (χ3v) is 5.80. The number of rotatable bonds is 8. The summed E-state index contributed by atoms with van der Waals surface area (Å²) in [5.74, 6) is 0.422. The lowest BCUT2D eigenvalue weighted by molar-refractivity contribution is -0.137. The van der Waals surface area contributed by atoms with Crippen LogP contribution in [0, 0.1) is 5.82 Å². The van der Waals surface area contributed by atoms with Crippen molar-refractivity contribution in [2.75, 3.05) is 6.61 Å². The minimum Gasteiger partial charge on any atom is -0.492 e. The van der Waals surface area contributed by atoms with Crippen molar-refractivity contribution in [2.45, 2.75) is 38.8 Å². The van der Waals surface area contributed by atoms with Crippen molar-refractivity contribution >= 4 is 10.8 Å². The van der Waals surface area contributed by atoms with Crippen molar-refractivity contribution in [3.63, 3.8) is 0 Å². The molecular weight excluding hydrogens is 442 g/mol. The van der Waals surface area contributed by atoms with E-state index < -0.39 is 11.7 Å². The molecule has 4 aromatic rings. The van der Waals surface area contributed by atoms with Crippen LogP contribution in [0.2, 0.25) is 0 Å². The Hall–Kier alpha value is -3.41. The van der Waals surface area contributed by atoms with Gasteiger partial charge in [0.25, 0.3) is 0 Å². The lowest BCUT2D eigenvalue weighted by Gasteiger charge is -2.10. The highest BCUT2D eigenvalue weighted by Crippen LogP contribution is 2.30. The zero-order valence-electron chi connectivity index (χ0n) is 18.8. The number of nitrogens with zero attached hydrogens (tertiary/aromatic N) is 1. The first-order valence-electron chi connectivity index (χ1n) is 11.3. The van der Waals surface area contributed by atoms with E-state index in [1.165, 1.54) is 12.1 Å². The van der Waals surface area contributed by atoms with E-state index in [1.807, 2.05) is 30.3 Å². The molecule has 0 bridgehead atoms. The smallest absolute Gasteiger partial charge is 0.416 e. The Bertz CT molecular complexity index is 1250. The molecule has 2 nitrogen and oxygen atoms in total. The van der Waals surface area contributed by atoms with E-state index in [0.29, 0.717) is 30.4 Å². The molecule has 0 unspecified atom stereocenters. The summed E-state index contributed by atoms with van der Waals surface area (Å²) in [6, 6.07) is 17.9. The van der Waals surface area contributed by atoms with Crippen LogP contribution in [0.15, 0.2) is 72.9 Å². The molecule has 0 aliphatic heterocycles. The number of halogens is 4. The third-order valence-electron chi connectivity index (χ3n) is 5.80. The molecule has 0 fully saturated rings. The molecule has 0 saturated carbocycles. The highest BCUT2D eigenvalue weighted by atomic mass is 19.4. The van der Waals surface area contributed by atoms with Crippen LogP contribution in [0.5, 0.6) is 5.75 Å². The second kappa shape index (κ2) is 10.2. The van der Waals surface area contributed by atoms with E-state index >= 15 is 4.39 Å². The van der Waals surface area contributed by atoms with Crippen molar-refractivity contribution in [3.05, 3.63) is 95.4 Å². The Kier molecular flexibility index (Phi) is 7.15. The van der Waals surface area contributed by atoms with Crippen molar-refractivity contribution in [1.82, 2.24) is 4.98 Å². The largest absolute Gasteiger partial charge is 0.492 e. The normalized spacial score (nSPS) is 11.7. The summed E-state index contributed by atoms with van der Waals surface area (Å²) in [4.78, 5) is 4.47. The minimum atomic E-state index is -4.36. The lowest BCUT2D eigenvalue weighted by atomic mass is 9.98. The van der Waals surface area contributed by atoms with Gasteiger partial charge in [-0.15, -0.1) is 0 Å². The molecule has 6 heteroatoms. The number of alkyl halides is 3. The number of pyridine rings is 1. The summed E-state index contributed by atoms with van der Waals surface area (Å²) < 4.78 is 59.0. The molecule has 0 radical (unpaired) electrons. The van der Waals surface area contributed by atoms with Gasteiger partial charge in [0, 0.05) is 10.9 Å². The predicted molar refractivity (Wildman–Crippen MR) is 126 cm³/mol. The van der Waals surface area contributed by atoms with Crippen LogP contribution in [0.3, 0.4) is 0 Å². The van der Waals surface area contributed by atoms with Gasteiger partial charge in [0.1, 0.15) is 11.6 Å². The van der Waals surface area contributed by atoms with Gasteiger partial charge in [-0.1, -0.05) is 49.7 Å². The fourth-order valence-electron chi connectivity index (χ4n) is 3.80. The lowest BCUT2D eigenvalue weighted by Crippen LogP contribution is -2.04. The molecular formula is C28H25F4NO. The fourth-order valence-corrected chi connectivity index (χ4v) is 3.80. The molecule has 0 spiro atoms. The van der Waals surface area contributed by atoms with Crippen LogP contribution in [0.4, 0.5) is 17.6 Å². The molecule has 1 heterocycles. The SMILES string of the molecule is CCCCOc1ccc(-c2ccc3c(F)c(CCc4ccc(C(F)(F)F)cc4)ccc3c2)nc1. The number of aryl methyl sites for hydroxylation is 2. The molecule has 1 aromatic heterocycles. The van der Waals surface area contributed by atoms with Crippen LogP contribution in [0.1, 0.15) is 36.5 Å². The summed E-state index contributed by atoms with van der Waals surface area (Å²) in [6.07, 6.45) is 0.243. The van der Waals surface area contributed by atoms with Gasteiger partial charge in [-0.25, -0.2) is 4.39 Å². The number of hydrogen-bond acceptors (Lipinski definition) is 2.